The number of nitro benzene ring substituents is 1. The standard InChI is InChI=1S/C18H18N2O6/c21-8-13(16(22)9-3-5-12(6-4-9)20(25)26)19-17(23)14-10-1-2-11(7-10)15(14)18(19)24/h1-6,10-11,13-16,21-22H,7-8H2/t10-,11+,13-,14-,15+,16-/m0/s1. The Morgan fingerprint density at radius 2 is 1.65 bits per heavy atom. The lowest BCUT2D eigenvalue weighted by molar-refractivity contribution is -0.384. The van der Waals surface area contributed by atoms with E-state index in [1.165, 1.54) is 24.3 Å². The minimum absolute atomic E-state index is 0.0438. The summed E-state index contributed by atoms with van der Waals surface area (Å²) in [4.78, 5) is 36.8. The van der Waals surface area contributed by atoms with Crippen LogP contribution in [0, 0.1) is 33.8 Å². The molecule has 4 rings (SSSR count). The van der Waals surface area contributed by atoms with Gasteiger partial charge in [0.25, 0.3) is 5.69 Å². The van der Waals surface area contributed by atoms with E-state index in [2.05, 4.69) is 0 Å². The highest BCUT2D eigenvalue weighted by Gasteiger charge is 2.60. The van der Waals surface area contributed by atoms with Gasteiger partial charge in [0.05, 0.1) is 29.4 Å². The normalized spacial score (nSPS) is 31.4. The van der Waals surface area contributed by atoms with Crippen molar-refractivity contribution in [1.29, 1.82) is 0 Å². The summed E-state index contributed by atoms with van der Waals surface area (Å²) >= 11 is 0. The number of carbonyl (C=O) groups excluding carboxylic acids is 2. The summed E-state index contributed by atoms with van der Waals surface area (Å²) in [5, 5.41) is 31.1. The van der Waals surface area contributed by atoms with Crippen LogP contribution in [-0.2, 0) is 9.59 Å². The van der Waals surface area contributed by atoms with E-state index in [1.54, 1.807) is 0 Å². The second-order valence-corrected chi connectivity index (χ2v) is 7.09. The van der Waals surface area contributed by atoms with Crippen LogP contribution < -0.4 is 0 Å². The monoisotopic (exact) mass is 358 g/mol. The summed E-state index contributed by atoms with van der Waals surface area (Å²) in [5.41, 5.74) is 0.167. The Morgan fingerprint density at radius 1 is 1.12 bits per heavy atom. The molecule has 8 heteroatoms. The van der Waals surface area contributed by atoms with Crippen molar-refractivity contribution < 1.29 is 24.7 Å². The van der Waals surface area contributed by atoms with Gasteiger partial charge in [-0.2, -0.15) is 0 Å². The molecule has 136 valence electrons. The number of non-ortho nitro benzene ring substituents is 1. The van der Waals surface area contributed by atoms with Gasteiger partial charge < -0.3 is 10.2 Å². The third-order valence-corrected chi connectivity index (χ3v) is 5.83. The van der Waals surface area contributed by atoms with Crippen molar-refractivity contribution in [3.8, 4) is 0 Å². The average Bonchev–Trinajstić information content (AvgIpc) is 3.31. The Hall–Kier alpha value is -2.58. The van der Waals surface area contributed by atoms with E-state index in [-0.39, 0.29) is 29.3 Å². The fraction of sp³-hybridized carbons (Fsp3) is 0.444. The fourth-order valence-electron chi connectivity index (χ4n) is 4.59. The van der Waals surface area contributed by atoms with Gasteiger partial charge in [-0.05, 0) is 36.0 Å². The molecule has 0 unspecified atom stereocenters. The number of rotatable bonds is 5. The smallest absolute Gasteiger partial charge is 0.269 e. The third-order valence-electron chi connectivity index (χ3n) is 5.83. The average molecular weight is 358 g/mol. The molecule has 2 fully saturated rings. The van der Waals surface area contributed by atoms with Gasteiger partial charge in [-0.15, -0.1) is 0 Å². The number of allylic oxidation sites excluding steroid dienone is 2. The summed E-state index contributed by atoms with van der Waals surface area (Å²) in [5.74, 6) is -1.43. The number of imide groups is 1. The van der Waals surface area contributed by atoms with Crippen LogP contribution in [0.5, 0.6) is 0 Å². The maximum atomic E-state index is 12.8. The van der Waals surface area contributed by atoms with Crippen LogP contribution in [0.4, 0.5) is 5.69 Å². The molecule has 0 spiro atoms. The third kappa shape index (κ3) is 2.29. The number of fused-ring (bicyclic) bond motifs is 5. The molecule has 1 saturated carbocycles. The molecule has 1 aliphatic heterocycles. The molecule has 1 saturated heterocycles. The molecule has 0 aromatic heterocycles. The predicted octanol–water partition coefficient (Wildman–Crippen LogP) is 0.796. The first-order chi connectivity index (χ1) is 12.4. The second kappa shape index (κ2) is 6.00. The number of nitrogens with zero attached hydrogens (tertiary/aromatic N) is 2. The first kappa shape index (κ1) is 16.9. The van der Waals surface area contributed by atoms with E-state index in [9.17, 15) is 29.9 Å². The van der Waals surface area contributed by atoms with Crippen molar-refractivity contribution in [2.24, 2.45) is 23.7 Å². The number of aliphatic hydroxyl groups excluding tert-OH is 2. The van der Waals surface area contributed by atoms with Crippen molar-refractivity contribution in [3.63, 3.8) is 0 Å². The zero-order valence-corrected chi connectivity index (χ0v) is 13.8. The van der Waals surface area contributed by atoms with Gasteiger partial charge in [-0.3, -0.25) is 24.6 Å². The number of likely N-dealkylation sites (tertiary alicyclic amines) is 1. The van der Waals surface area contributed by atoms with E-state index in [0.29, 0.717) is 5.56 Å². The molecule has 0 radical (unpaired) electrons. The Kier molecular flexibility index (Phi) is 3.89. The van der Waals surface area contributed by atoms with Crippen molar-refractivity contribution >= 4 is 17.5 Å². The van der Waals surface area contributed by atoms with E-state index in [4.69, 9.17) is 0 Å². The van der Waals surface area contributed by atoms with Crippen molar-refractivity contribution in [1.82, 2.24) is 4.90 Å². The largest absolute Gasteiger partial charge is 0.394 e. The molecular formula is C18H18N2O6. The molecule has 1 aromatic rings. The molecule has 2 bridgehead atoms. The number of nitro groups is 1. The van der Waals surface area contributed by atoms with Crippen molar-refractivity contribution in [2.45, 2.75) is 18.6 Å². The quantitative estimate of drug-likeness (QED) is 0.347. The van der Waals surface area contributed by atoms with Gasteiger partial charge in [0.1, 0.15) is 6.10 Å². The van der Waals surface area contributed by atoms with Gasteiger partial charge in [-0.25, -0.2) is 0 Å². The molecule has 2 amide bonds. The summed E-state index contributed by atoms with van der Waals surface area (Å²) < 4.78 is 0. The molecular weight excluding hydrogens is 340 g/mol. The summed E-state index contributed by atoms with van der Waals surface area (Å²) in [6.45, 7) is -0.585. The lowest BCUT2D eigenvalue weighted by atomic mass is 9.85. The minimum atomic E-state index is -1.32. The first-order valence-corrected chi connectivity index (χ1v) is 8.52. The number of amides is 2. The highest BCUT2D eigenvalue weighted by atomic mass is 16.6. The Balaban J connectivity index is 1.60. The summed E-state index contributed by atoms with van der Waals surface area (Å²) in [6, 6.07) is 4.09. The predicted molar refractivity (Wildman–Crippen MR) is 88.5 cm³/mol. The molecule has 26 heavy (non-hydrogen) atoms. The van der Waals surface area contributed by atoms with Crippen LogP contribution >= 0.6 is 0 Å². The Morgan fingerprint density at radius 3 is 2.12 bits per heavy atom. The molecule has 8 nitrogen and oxygen atoms in total. The highest BCUT2D eigenvalue weighted by molar-refractivity contribution is 6.06. The van der Waals surface area contributed by atoms with E-state index < -0.39 is 35.5 Å². The molecule has 2 aliphatic carbocycles. The van der Waals surface area contributed by atoms with Crippen molar-refractivity contribution in [2.75, 3.05) is 6.61 Å². The van der Waals surface area contributed by atoms with Crippen LogP contribution in [0.1, 0.15) is 18.1 Å². The molecule has 3 aliphatic rings. The van der Waals surface area contributed by atoms with E-state index in [1.807, 2.05) is 12.2 Å². The van der Waals surface area contributed by atoms with Crippen LogP contribution in [0.3, 0.4) is 0 Å². The SMILES string of the molecule is O=C1[C@@H]2[C@H](C(=O)N1[C@@H](CO)[C@@H](O)c1ccc([N+](=O)[O-])cc1)[C@@H]1C=C[C@H]2C1. The molecule has 2 N–H and O–H groups in total. The zero-order valence-electron chi connectivity index (χ0n) is 13.8. The first-order valence-electron chi connectivity index (χ1n) is 8.52. The van der Waals surface area contributed by atoms with Gasteiger partial charge >= 0.3 is 0 Å². The van der Waals surface area contributed by atoms with E-state index >= 15 is 0 Å². The van der Waals surface area contributed by atoms with Gasteiger partial charge in [0.15, 0.2) is 0 Å². The van der Waals surface area contributed by atoms with E-state index in [0.717, 1.165) is 11.3 Å². The molecule has 6 atom stereocenters. The topological polar surface area (TPSA) is 121 Å². The molecule has 1 aromatic carbocycles. The van der Waals surface area contributed by atoms with Gasteiger partial charge in [-0.1, -0.05) is 12.2 Å². The number of hydrogen-bond donors (Lipinski definition) is 2. The summed E-state index contributed by atoms with van der Waals surface area (Å²) in [6.07, 6.45) is 3.43. The maximum Gasteiger partial charge on any atom is 0.269 e. The zero-order chi connectivity index (χ0) is 18.6. The van der Waals surface area contributed by atoms with Gasteiger partial charge in [0.2, 0.25) is 11.8 Å². The Labute approximate surface area is 148 Å². The van der Waals surface area contributed by atoms with Crippen LogP contribution in [0.15, 0.2) is 36.4 Å². The number of hydrogen-bond acceptors (Lipinski definition) is 6. The second-order valence-electron chi connectivity index (χ2n) is 7.09. The lowest BCUT2D eigenvalue weighted by Crippen LogP contribution is -2.47. The maximum absolute atomic E-state index is 12.8. The molecule has 1 heterocycles. The van der Waals surface area contributed by atoms with Crippen LogP contribution in [-0.4, -0.2) is 44.5 Å². The van der Waals surface area contributed by atoms with Crippen LogP contribution in [0.2, 0.25) is 0 Å². The Bertz CT molecular complexity index is 774. The lowest BCUT2D eigenvalue weighted by Gasteiger charge is -2.30. The minimum Gasteiger partial charge on any atom is -0.394 e. The number of benzene rings is 1. The highest BCUT2D eigenvalue weighted by Crippen LogP contribution is 2.53. The number of aliphatic hydroxyl groups is 2. The number of carbonyl (C=O) groups is 2. The summed E-state index contributed by atoms with van der Waals surface area (Å²) in [7, 11) is 0. The van der Waals surface area contributed by atoms with Gasteiger partial charge in [0, 0.05) is 12.1 Å². The van der Waals surface area contributed by atoms with Crippen LogP contribution in [0.25, 0.3) is 0 Å². The van der Waals surface area contributed by atoms with Crippen molar-refractivity contribution in [3.05, 3.63) is 52.1 Å². The fourth-order valence-corrected chi connectivity index (χ4v) is 4.59.